The minimum absolute atomic E-state index is 0.746. The predicted octanol–water partition coefficient (Wildman–Crippen LogP) is 7.88. The zero-order valence-corrected chi connectivity index (χ0v) is 18.5. The summed E-state index contributed by atoms with van der Waals surface area (Å²) in [5, 5.41) is 0. The zero-order valence-electron chi connectivity index (χ0n) is 18.5. The molecule has 0 aromatic carbocycles. The zero-order chi connectivity index (χ0) is 30.1. The van der Waals surface area contributed by atoms with Crippen LogP contribution in [-0.2, 0) is 14.2 Å². The Labute approximate surface area is 198 Å². The first-order chi connectivity index (χ1) is 16.0. The summed E-state index contributed by atoms with van der Waals surface area (Å²) in [4.78, 5) is 0. The molecule has 0 saturated heterocycles. The van der Waals surface area contributed by atoms with Gasteiger partial charge in [0.25, 0.3) is 0 Å². The van der Waals surface area contributed by atoms with Crippen molar-refractivity contribution >= 4 is 0 Å². The SMILES string of the molecule is C=C(CCOC(F)(F)C(F)(F)C(F)(F)C(C)(F)F)OC(=C)CCOC(F)(F)C(F)(F)C(F)(F)C(C)(F)F. The Kier molecular flexibility index (Phi) is 10.1. The van der Waals surface area contributed by atoms with Gasteiger partial charge in [0.15, 0.2) is 0 Å². The monoisotopic (exact) mass is 586 g/mol. The van der Waals surface area contributed by atoms with Gasteiger partial charge in [0.05, 0.1) is 24.7 Å². The molecule has 0 heterocycles. The van der Waals surface area contributed by atoms with E-state index in [1.54, 1.807) is 0 Å². The van der Waals surface area contributed by atoms with Crippen LogP contribution in [0.15, 0.2) is 24.7 Å². The standard InChI is InChI=1S/C18H18F16O3/c1-9(5-7-35-17(31,32)15(27,28)13(23,24)11(3,19)20)37-10(2)6-8-36-18(33,34)16(29,30)14(25,26)12(4,21)22/h1-2,5-8H2,3-4H3. The second kappa shape index (κ2) is 10.7. The van der Waals surface area contributed by atoms with Gasteiger partial charge in [-0.25, -0.2) is 0 Å². The third kappa shape index (κ3) is 7.14. The summed E-state index contributed by atoms with van der Waals surface area (Å²) < 4.78 is 220. The summed E-state index contributed by atoms with van der Waals surface area (Å²) in [6.07, 6.45) is -14.4. The fraction of sp³-hybridized carbons (Fsp3) is 0.778. The third-order valence-electron chi connectivity index (χ3n) is 4.24. The summed E-state index contributed by atoms with van der Waals surface area (Å²) in [5.74, 6) is -39.3. The maximum atomic E-state index is 13.3. The van der Waals surface area contributed by atoms with Gasteiger partial charge < -0.3 is 14.2 Å². The number of alkyl halides is 16. The molecular weight excluding hydrogens is 568 g/mol. The molecule has 0 fully saturated rings. The van der Waals surface area contributed by atoms with Crippen molar-refractivity contribution < 1.29 is 84.5 Å². The molecule has 0 aromatic rings. The van der Waals surface area contributed by atoms with Crippen LogP contribution in [0.1, 0.15) is 26.7 Å². The minimum atomic E-state index is -6.70. The van der Waals surface area contributed by atoms with Crippen molar-refractivity contribution in [2.45, 2.75) is 74.4 Å². The first-order valence-corrected chi connectivity index (χ1v) is 9.33. The van der Waals surface area contributed by atoms with Crippen molar-refractivity contribution in [3.05, 3.63) is 24.7 Å². The highest BCUT2D eigenvalue weighted by Gasteiger charge is 2.81. The van der Waals surface area contributed by atoms with Crippen molar-refractivity contribution in [3.8, 4) is 0 Å². The molecule has 220 valence electrons. The van der Waals surface area contributed by atoms with Gasteiger partial charge in [-0.1, -0.05) is 13.2 Å². The number of hydrogen-bond donors (Lipinski definition) is 0. The van der Waals surface area contributed by atoms with Gasteiger partial charge in [-0.3, -0.25) is 0 Å². The number of hydrogen-bond acceptors (Lipinski definition) is 3. The van der Waals surface area contributed by atoms with Gasteiger partial charge >= 0.3 is 47.8 Å². The molecule has 0 atom stereocenters. The van der Waals surface area contributed by atoms with Gasteiger partial charge in [-0.15, -0.1) is 0 Å². The highest BCUT2D eigenvalue weighted by atomic mass is 19.4. The van der Waals surface area contributed by atoms with Crippen molar-refractivity contribution in [1.82, 2.24) is 0 Å². The third-order valence-corrected chi connectivity index (χ3v) is 4.24. The average Bonchev–Trinajstić information content (AvgIpc) is 2.65. The highest BCUT2D eigenvalue weighted by Crippen LogP contribution is 2.54. The van der Waals surface area contributed by atoms with Gasteiger partial charge in [-0.05, 0) is 0 Å². The summed E-state index contributed by atoms with van der Waals surface area (Å²) >= 11 is 0. The van der Waals surface area contributed by atoms with Crippen molar-refractivity contribution in [3.63, 3.8) is 0 Å². The van der Waals surface area contributed by atoms with Gasteiger partial charge in [-0.2, -0.15) is 70.2 Å². The van der Waals surface area contributed by atoms with Gasteiger partial charge in [0.1, 0.15) is 0 Å². The largest absolute Gasteiger partial charge is 0.467 e. The van der Waals surface area contributed by atoms with E-state index in [1.807, 2.05) is 0 Å². The predicted molar refractivity (Wildman–Crippen MR) is 91.4 cm³/mol. The molecule has 0 N–H and O–H groups in total. The molecule has 19 heteroatoms. The van der Waals surface area contributed by atoms with Crippen LogP contribution in [0, 0.1) is 0 Å². The van der Waals surface area contributed by atoms with E-state index in [1.165, 1.54) is 0 Å². The Morgan fingerprint density at radius 1 is 0.486 bits per heavy atom. The molecular formula is C18H18F16O3. The molecule has 0 aromatic heterocycles. The van der Waals surface area contributed by atoms with E-state index in [2.05, 4.69) is 27.4 Å². The van der Waals surface area contributed by atoms with E-state index in [4.69, 9.17) is 0 Å². The molecule has 0 radical (unpaired) electrons. The van der Waals surface area contributed by atoms with Crippen LogP contribution >= 0.6 is 0 Å². The van der Waals surface area contributed by atoms with Gasteiger partial charge in [0.2, 0.25) is 0 Å². The summed E-state index contributed by atoms with van der Waals surface area (Å²) in [6, 6.07) is 0. The first-order valence-electron chi connectivity index (χ1n) is 9.33. The van der Waals surface area contributed by atoms with Crippen molar-refractivity contribution in [1.29, 1.82) is 0 Å². The Morgan fingerprint density at radius 3 is 0.946 bits per heavy atom. The summed E-state index contributed by atoms with van der Waals surface area (Å²) in [5.41, 5.74) is 0. The molecule has 0 aliphatic heterocycles. The fourth-order valence-electron chi connectivity index (χ4n) is 1.99. The highest BCUT2D eigenvalue weighted by molar-refractivity contribution is 5.00. The van der Waals surface area contributed by atoms with Gasteiger partial charge in [0, 0.05) is 26.7 Å². The Bertz CT molecular complexity index is 745. The molecule has 37 heavy (non-hydrogen) atoms. The molecule has 0 saturated carbocycles. The molecule has 0 rings (SSSR count). The maximum absolute atomic E-state index is 13.3. The lowest BCUT2D eigenvalue weighted by Gasteiger charge is -2.35. The quantitative estimate of drug-likeness (QED) is 0.136. The Hall–Kier alpha value is -1.92. The van der Waals surface area contributed by atoms with E-state index in [0.29, 0.717) is 0 Å². The molecule has 0 aliphatic carbocycles. The first kappa shape index (κ1) is 35.1. The van der Waals surface area contributed by atoms with Crippen LogP contribution in [0.5, 0.6) is 0 Å². The summed E-state index contributed by atoms with van der Waals surface area (Å²) in [7, 11) is 0. The van der Waals surface area contributed by atoms with Crippen LogP contribution in [0.3, 0.4) is 0 Å². The van der Waals surface area contributed by atoms with Crippen LogP contribution in [0.2, 0.25) is 0 Å². The number of halogens is 16. The lowest BCUT2D eigenvalue weighted by molar-refractivity contribution is -0.425. The summed E-state index contributed by atoms with van der Waals surface area (Å²) in [6.45, 7) is 1.19. The van der Waals surface area contributed by atoms with Crippen LogP contribution in [0.25, 0.3) is 0 Å². The van der Waals surface area contributed by atoms with Crippen molar-refractivity contribution in [2.75, 3.05) is 13.2 Å². The normalized spacial score (nSPS) is 15.1. The maximum Gasteiger partial charge on any atom is 0.426 e. The van der Waals surface area contributed by atoms with E-state index in [9.17, 15) is 70.2 Å². The molecule has 0 unspecified atom stereocenters. The average molecular weight is 586 g/mol. The topological polar surface area (TPSA) is 27.7 Å². The lowest BCUT2D eigenvalue weighted by Crippen LogP contribution is -2.62. The van der Waals surface area contributed by atoms with Crippen LogP contribution < -0.4 is 0 Å². The molecule has 0 aliphatic rings. The lowest BCUT2D eigenvalue weighted by atomic mass is 10.1. The van der Waals surface area contributed by atoms with E-state index >= 15 is 0 Å². The number of rotatable bonds is 16. The van der Waals surface area contributed by atoms with E-state index in [0.717, 1.165) is 0 Å². The van der Waals surface area contributed by atoms with E-state index < -0.39 is 99.2 Å². The number of ether oxygens (including phenoxy) is 3. The molecule has 0 spiro atoms. The van der Waals surface area contributed by atoms with Crippen LogP contribution in [0.4, 0.5) is 70.2 Å². The molecule has 0 bridgehead atoms. The Balaban J connectivity index is 4.90. The molecule has 0 amide bonds. The smallest absolute Gasteiger partial charge is 0.426 e. The Morgan fingerprint density at radius 2 is 0.730 bits per heavy atom. The minimum Gasteiger partial charge on any atom is -0.467 e. The van der Waals surface area contributed by atoms with Crippen molar-refractivity contribution in [2.24, 2.45) is 0 Å². The second-order valence-corrected chi connectivity index (χ2v) is 7.48. The van der Waals surface area contributed by atoms with E-state index in [-0.39, 0.29) is 0 Å². The molecule has 3 nitrogen and oxygen atoms in total. The van der Waals surface area contributed by atoms with Crippen LogP contribution in [-0.4, -0.2) is 61.0 Å². The second-order valence-electron chi connectivity index (χ2n) is 7.48. The fourth-order valence-corrected chi connectivity index (χ4v) is 1.99.